The van der Waals surface area contributed by atoms with E-state index >= 15 is 0 Å². The summed E-state index contributed by atoms with van der Waals surface area (Å²) in [5, 5.41) is 2.03. The summed E-state index contributed by atoms with van der Waals surface area (Å²) in [6.45, 7) is 0.361. The fourth-order valence-corrected chi connectivity index (χ4v) is 2.95. The standard InChI is InChI=1S/C20H15F3N2O5/c1-11(25-17(27)12-6-2-3-7-13(12)18(25)28)19(29)30-10-16(26)24-15-9-5-4-8-14(15)20(21,22)23/h2-9,11H,10H2,1H3,(H,24,26). The number of benzene rings is 2. The number of ether oxygens (including phenoxy) is 1. The molecule has 2 aromatic carbocycles. The minimum absolute atomic E-state index is 0.142. The molecule has 0 saturated heterocycles. The van der Waals surface area contributed by atoms with Crippen molar-refractivity contribution in [2.45, 2.75) is 19.1 Å². The summed E-state index contributed by atoms with van der Waals surface area (Å²) in [4.78, 5) is 49.6. The Bertz CT molecular complexity index is 1000. The first-order valence-electron chi connectivity index (χ1n) is 8.71. The monoisotopic (exact) mass is 420 g/mol. The van der Waals surface area contributed by atoms with Gasteiger partial charge in [0.05, 0.1) is 22.4 Å². The molecular formula is C20H15F3N2O5. The summed E-state index contributed by atoms with van der Waals surface area (Å²) in [5.41, 5.74) is -1.25. The number of rotatable bonds is 5. The third kappa shape index (κ3) is 4.02. The van der Waals surface area contributed by atoms with Gasteiger partial charge in [0.25, 0.3) is 17.7 Å². The second-order valence-electron chi connectivity index (χ2n) is 6.40. The van der Waals surface area contributed by atoms with Crippen LogP contribution in [0.15, 0.2) is 48.5 Å². The smallest absolute Gasteiger partial charge is 0.418 e. The van der Waals surface area contributed by atoms with Gasteiger partial charge in [-0.25, -0.2) is 4.79 Å². The molecule has 0 fully saturated rings. The lowest BCUT2D eigenvalue weighted by atomic mass is 10.1. The third-order valence-electron chi connectivity index (χ3n) is 4.41. The number of nitrogens with one attached hydrogen (secondary N) is 1. The number of hydrogen-bond donors (Lipinski definition) is 1. The molecule has 0 radical (unpaired) electrons. The minimum Gasteiger partial charge on any atom is -0.454 e. The molecule has 156 valence electrons. The van der Waals surface area contributed by atoms with Gasteiger partial charge in [0, 0.05) is 0 Å². The number of para-hydroxylation sites is 1. The predicted molar refractivity (Wildman–Crippen MR) is 97.4 cm³/mol. The highest BCUT2D eigenvalue weighted by molar-refractivity contribution is 6.22. The summed E-state index contributed by atoms with van der Waals surface area (Å²) in [6, 6.07) is 9.03. The predicted octanol–water partition coefficient (Wildman–Crippen LogP) is 2.87. The number of alkyl halides is 3. The number of halogens is 3. The second kappa shape index (κ2) is 7.97. The summed E-state index contributed by atoms with van der Waals surface area (Å²) >= 11 is 0. The van der Waals surface area contributed by atoms with E-state index in [2.05, 4.69) is 0 Å². The zero-order valence-electron chi connectivity index (χ0n) is 15.5. The molecule has 2 aromatic rings. The number of carbonyl (C=O) groups excluding carboxylic acids is 4. The van der Waals surface area contributed by atoms with Crippen molar-refractivity contribution in [1.82, 2.24) is 4.90 Å². The molecular weight excluding hydrogens is 405 g/mol. The van der Waals surface area contributed by atoms with E-state index in [9.17, 15) is 32.3 Å². The Kier molecular flexibility index (Phi) is 5.59. The second-order valence-corrected chi connectivity index (χ2v) is 6.40. The Labute approximate surface area is 168 Å². The van der Waals surface area contributed by atoms with Crippen molar-refractivity contribution in [2.75, 3.05) is 11.9 Å². The van der Waals surface area contributed by atoms with Gasteiger partial charge < -0.3 is 10.1 Å². The van der Waals surface area contributed by atoms with Crippen LogP contribution in [0, 0.1) is 0 Å². The van der Waals surface area contributed by atoms with E-state index in [0.29, 0.717) is 4.90 Å². The quantitative estimate of drug-likeness (QED) is 0.593. The zero-order valence-corrected chi connectivity index (χ0v) is 15.5. The van der Waals surface area contributed by atoms with E-state index in [1.165, 1.54) is 31.2 Å². The van der Waals surface area contributed by atoms with Crippen LogP contribution in [0.3, 0.4) is 0 Å². The Hall–Kier alpha value is -3.69. The van der Waals surface area contributed by atoms with Crippen LogP contribution in [0.25, 0.3) is 0 Å². The number of imide groups is 1. The summed E-state index contributed by atoms with van der Waals surface area (Å²) in [6.07, 6.45) is -4.68. The first kappa shape index (κ1) is 21.0. The van der Waals surface area contributed by atoms with Gasteiger partial charge in [-0.1, -0.05) is 24.3 Å². The highest BCUT2D eigenvalue weighted by atomic mass is 19.4. The van der Waals surface area contributed by atoms with Gasteiger partial charge >= 0.3 is 12.1 Å². The van der Waals surface area contributed by atoms with Gasteiger partial charge in [-0.15, -0.1) is 0 Å². The SMILES string of the molecule is CC(C(=O)OCC(=O)Nc1ccccc1C(F)(F)F)N1C(=O)c2ccccc2C1=O. The maximum Gasteiger partial charge on any atom is 0.418 e. The lowest BCUT2D eigenvalue weighted by molar-refractivity contribution is -0.150. The first-order valence-corrected chi connectivity index (χ1v) is 8.71. The number of fused-ring (bicyclic) bond motifs is 1. The molecule has 1 N–H and O–H groups in total. The number of carbonyl (C=O) groups is 4. The Morgan fingerprint density at radius 3 is 2.10 bits per heavy atom. The van der Waals surface area contributed by atoms with Gasteiger partial charge in [-0.2, -0.15) is 13.2 Å². The molecule has 1 aliphatic heterocycles. The molecule has 3 amide bonds. The first-order chi connectivity index (χ1) is 14.1. The van der Waals surface area contributed by atoms with Crippen molar-refractivity contribution in [1.29, 1.82) is 0 Å². The molecule has 0 aliphatic carbocycles. The molecule has 0 saturated carbocycles. The van der Waals surface area contributed by atoms with E-state index in [0.717, 1.165) is 12.1 Å². The number of amides is 3. The van der Waals surface area contributed by atoms with E-state index in [1.54, 1.807) is 12.1 Å². The molecule has 0 spiro atoms. The molecule has 1 heterocycles. The fourth-order valence-electron chi connectivity index (χ4n) is 2.95. The zero-order chi connectivity index (χ0) is 22.1. The van der Waals surface area contributed by atoms with Crippen LogP contribution in [0.1, 0.15) is 33.2 Å². The Balaban J connectivity index is 1.62. The highest BCUT2D eigenvalue weighted by Gasteiger charge is 2.41. The lowest BCUT2D eigenvalue weighted by Crippen LogP contribution is -2.44. The van der Waals surface area contributed by atoms with Crippen LogP contribution in [0.5, 0.6) is 0 Å². The van der Waals surface area contributed by atoms with Crippen molar-refractivity contribution in [3.05, 3.63) is 65.2 Å². The van der Waals surface area contributed by atoms with E-state index in [-0.39, 0.29) is 11.1 Å². The number of hydrogen-bond acceptors (Lipinski definition) is 5. The van der Waals surface area contributed by atoms with Gasteiger partial charge in [0.15, 0.2) is 6.61 Å². The van der Waals surface area contributed by atoms with Crippen LogP contribution in [0.2, 0.25) is 0 Å². The van der Waals surface area contributed by atoms with Crippen molar-refractivity contribution in [3.63, 3.8) is 0 Å². The number of esters is 1. The van der Waals surface area contributed by atoms with Gasteiger partial charge in [0.1, 0.15) is 6.04 Å². The molecule has 1 aliphatic rings. The summed E-state index contributed by atoms with van der Waals surface area (Å²) < 4.78 is 43.7. The van der Waals surface area contributed by atoms with Crippen molar-refractivity contribution in [3.8, 4) is 0 Å². The van der Waals surface area contributed by atoms with Gasteiger partial charge in [-0.3, -0.25) is 19.3 Å². The topological polar surface area (TPSA) is 92.8 Å². The maximum absolute atomic E-state index is 13.0. The Morgan fingerprint density at radius 1 is 1.00 bits per heavy atom. The van der Waals surface area contributed by atoms with E-state index in [1.807, 2.05) is 5.32 Å². The average Bonchev–Trinajstić information content (AvgIpc) is 2.96. The van der Waals surface area contributed by atoms with Crippen molar-refractivity contribution >= 4 is 29.4 Å². The van der Waals surface area contributed by atoms with E-state index < -0.39 is 53.8 Å². The molecule has 0 bridgehead atoms. The largest absolute Gasteiger partial charge is 0.454 e. The molecule has 3 rings (SSSR count). The minimum atomic E-state index is -4.68. The van der Waals surface area contributed by atoms with E-state index in [4.69, 9.17) is 4.74 Å². The van der Waals surface area contributed by atoms with Crippen LogP contribution in [-0.2, 0) is 20.5 Å². The van der Waals surface area contributed by atoms with Crippen molar-refractivity contribution in [2.24, 2.45) is 0 Å². The van der Waals surface area contributed by atoms with Crippen molar-refractivity contribution < 1.29 is 37.1 Å². The number of nitrogens with zero attached hydrogens (tertiary/aromatic N) is 1. The normalized spacial score (nSPS) is 14.3. The maximum atomic E-state index is 13.0. The van der Waals surface area contributed by atoms with Crippen LogP contribution in [0.4, 0.5) is 18.9 Å². The summed E-state index contributed by atoms with van der Waals surface area (Å²) in [5.74, 6) is -3.41. The summed E-state index contributed by atoms with van der Waals surface area (Å²) in [7, 11) is 0. The average molecular weight is 420 g/mol. The van der Waals surface area contributed by atoms with Crippen LogP contribution >= 0.6 is 0 Å². The molecule has 1 atom stereocenters. The number of anilines is 1. The molecule has 30 heavy (non-hydrogen) atoms. The highest BCUT2D eigenvalue weighted by Crippen LogP contribution is 2.34. The van der Waals surface area contributed by atoms with Crippen LogP contribution < -0.4 is 5.32 Å². The molecule has 10 heteroatoms. The lowest BCUT2D eigenvalue weighted by Gasteiger charge is -2.21. The third-order valence-corrected chi connectivity index (χ3v) is 4.41. The van der Waals surface area contributed by atoms with Crippen LogP contribution in [-0.4, -0.2) is 41.2 Å². The van der Waals surface area contributed by atoms with Gasteiger partial charge in [-0.05, 0) is 31.2 Å². The Morgan fingerprint density at radius 2 is 1.53 bits per heavy atom. The fraction of sp³-hybridized carbons (Fsp3) is 0.200. The molecule has 7 nitrogen and oxygen atoms in total. The van der Waals surface area contributed by atoms with Gasteiger partial charge in [0.2, 0.25) is 0 Å². The molecule has 0 aromatic heterocycles. The molecule has 1 unspecified atom stereocenters.